The molecule has 1 atom stereocenters. The highest BCUT2D eigenvalue weighted by Gasteiger charge is 2.26. The van der Waals surface area contributed by atoms with Gasteiger partial charge in [-0.05, 0) is 67.9 Å². The van der Waals surface area contributed by atoms with Crippen LogP contribution in [-0.4, -0.2) is 21.0 Å². The molecular formula is C31H24N4O2. The summed E-state index contributed by atoms with van der Waals surface area (Å²) in [6, 6.07) is 28.3. The summed E-state index contributed by atoms with van der Waals surface area (Å²) >= 11 is 0. The monoisotopic (exact) mass is 484 g/mol. The number of rotatable bonds is 6. The van der Waals surface area contributed by atoms with Crippen LogP contribution in [0.3, 0.4) is 0 Å². The molecule has 0 fully saturated rings. The van der Waals surface area contributed by atoms with Gasteiger partial charge in [0.05, 0.1) is 40.1 Å². The van der Waals surface area contributed by atoms with Crippen LogP contribution in [0.1, 0.15) is 40.0 Å². The van der Waals surface area contributed by atoms with Crippen molar-refractivity contribution in [2.45, 2.75) is 19.9 Å². The summed E-state index contributed by atoms with van der Waals surface area (Å²) < 4.78 is 0. The van der Waals surface area contributed by atoms with Crippen LogP contribution in [0.5, 0.6) is 0 Å². The highest BCUT2D eigenvalue weighted by atomic mass is 16.4. The summed E-state index contributed by atoms with van der Waals surface area (Å²) in [7, 11) is 0. The maximum Gasteiger partial charge on any atom is 0.337 e. The number of aryl methyl sites for hydroxylation is 1. The lowest BCUT2D eigenvalue weighted by atomic mass is 9.95. The molecule has 5 rings (SSSR count). The SMILES string of the molecule is Cc1cc(C(C)N(c2ccccc2)c2ccccc2C(=O)O)c2nc(-c3ccncc3)cc(C#N)c2c1. The van der Waals surface area contributed by atoms with Crippen molar-refractivity contribution in [1.82, 2.24) is 9.97 Å². The minimum atomic E-state index is -0.998. The zero-order chi connectivity index (χ0) is 25.9. The van der Waals surface area contributed by atoms with Crippen LogP contribution >= 0.6 is 0 Å². The first-order valence-electron chi connectivity index (χ1n) is 11.9. The number of carboxylic acid groups (broad SMARTS) is 1. The van der Waals surface area contributed by atoms with Crippen LogP contribution in [0.15, 0.2) is 97.3 Å². The van der Waals surface area contributed by atoms with Gasteiger partial charge in [-0.3, -0.25) is 4.98 Å². The van der Waals surface area contributed by atoms with Gasteiger partial charge in [-0.2, -0.15) is 5.26 Å². The zero-order valence-electron chi connectivity index (χ0n) is 20.5. The maximum atomic E-state index is 12.2. The Kier molecular flexibility index (Phi) is 6.36. The van der Waals surface area contributed by atoms with E-state index in [0.717, 1.165) is 27.8 Å². The molecule has 6 heteroatoms. The van der Waals surface area contributed by atoms with Crippen LogP contribution in [0.2, 0.25) is 0 Å². The number of carboxylic acids is 1. The Hall–Kier alpha value is -5.02. The number of aromatic nitrogens is 2. The Morgan fingerprint density at radius 1 is 0.973 bits per heavy atom. The molecule has 0 amide bonds. The van der Waals surface area contributed by atoms with Crippen molar-refractivity contribution < 1.29 is 9.90 Å². The third-order valence-electron chi connectivity index (χ3n) is 6.45. The number of aromatic carboxylic acids is 1. The lowest BCUT2D eigenvalue weighted by Crippen LogP contribution is -2.24. The molecule has 0 aliphatic rings. The van der Waals surface area contributed by atoms with Gasteiger partial charge in [0.1, 0.15) is 0 Å². The molecule has 5 aromatic rings. The largest absolute Gasteiger partial charge is 0.478 e. The molecule has 37 heavy (non-hydrogen) atoms. The second-order valence-electron chi connectivity index (χ2n) is 8.86. The van der Waals surface area contributed by atoms with Crippen LogP contribution in [0.4, 0.5) is 11.4 Å². The van der Waals surface area contributed by atoms with Crippen molar-refractivity contribution in [2.75, 3.05) is 4.90 Å². The minimum absolute atomic E-state index is 0.207. The van der Waals surface area contributed by atoms with Gasteiger partial charge in [-0.1, -0.05) is 36.4 Å². The van der Waals surface area contributed by atoms with Gasteiger partial charge in [0.15, 0.2) is 0 Å². The molecule has 1 N–H and O–H groups in total. The van der Waals surface area contributed by atoms with E-state index in [1.54, 1.807) is 30.6 Å². The highest BCUT2D eigenvalue weighted by molar-refractivity contribution is 5.96. The summed E-state index contributed by atoms with van der Waals surface area (Å²) in [6.45, 7) is 4.03. The molecule has 0 aliphatic carbocycles. The fourth-order valence-electron chi connectivity index (χ4n) is 4.75. The maximum absolute atomic E-state index is 12.2. The second kappa shape index (κ2) is 9.92. The molecule has 0 radical (unpaired) electrons. The number of nitrogens with zero attached hydrogens (tertiary/aromatic N) is 4. The lowest BCUT2D eigenvalue weighted by molar-refractivity contribution is 0.0697. The van der Waals surface area contributed by atoms with E-state index in [1.807, 2.05) is 79.4 Å². The molecule has 2 heterocycles. The predicted octanol–water partition coefficient (Wildman–Crippen LogP) is 7.07. The van der Waals surface area contributed by atoms with Gasteiger partial charge >= 0.3 is 5.97 Å². The summed E-state index contributed by atoms with van der Waals surface area (Å²) in [5.74, 6) is -0.998. The van der Waals surface area contributed by atoms with Gasteiger partial charge in [0.2, 0.25) is 0 Å². The molecule has 0 saturated heterocycles. The first-order chi connectivity index (χ1) is 18.0. The number of hydrogen-bond donors (Lipinski definition) is 1. The number of anilines is 2. The second-order valence-corrected chi connectivity index (χ2v) is 8.86. The Bertz CT molecular complexity index is 1640. The number of carbonyl (C=O) groups is 1. The fourth-order valence-corrected chi connectivity index (χ4v) is 4.75. The van der Waals surface area contributed by atoms with Crippen LogP contribution < -0.4 is 4.90 Å². The normalized spacial score (nSPS) is 11.6. The molecule has 6 nitrogen and oxygen atoms in total. The summed E-state index contributed by atoms with van der Waals surface area (Å²) in [5, 5.41) is 20.8. The van der Waals surface area contributed by atoms with Gasteiger partial charge in [0.25, 0.3) is 0 Å². The molecule has 2 aromatic heterocycles. The van der Waals surface area contributed by atoms with Gasteiger partial charge in [0, 0.05) is 34.6 Å². The minimum Gasteiger partial charge on any atom is -0.478 e. The molecule has 3 aromatic carbocycles. The van der Waals surface area contributed by atoms with Crippen molar-refractivity contribution >= 4 is 28.2 Å². The third-order valence-corrected chi connectivity index (χ3v) is 6.45. The Morgan fingerprint density at radius 3 is 2.38 bits per heavy atom. The predicted molar refractivity (Wildman–Crippen MR) is 145 cm³/mol. The Balaban J connectivity index is 1.79. The third kappa shape index (κ3) is 4.51. The summed E-state index contributed by atoms with van der Waals surface area (Å²) in [4.78, 5) is 23.3. The molecule has 0 saturated carbocycles. The molecular weight excluding hydrogens is 460 g/mol. The van der Waals surface area contributed by atoms with E-state index < -0.39 is 5.97 Å². The molecule has 1 unspecified atom stereocenters. The Labute approximate surface area is 215 Å². The van der Waals surface area contributed by atoms with Crippen molar-refractivity contribution in [3.8, 4) is 17.3 Å². The van der Waals surface area contributed by atoms with E-state index in [1.165, 1.54) is 0 Å². The Morgan fingerprint density at radius 2 is 1.68 bits per heavy atom. The molecule has 180 valence electrons. The summed E-state index contributed by atoms with van der Waals surface area (Å²) in [5.41, 5.74) is 6.31. The lowest BCUT2D eigenvalue weighted by Gasteiger charge is -2.33. The number of benzene rings is 3. The van der Waals surface area contributed by atoms with Gasteiger partial charge in [-0.25, -0.2) is 9.78 Å². The first kappa shape index (κ1) is 23.7. The van der Waals surface area contributed by atoms with E-state index in [2.05, 4.69) is 17.1 Å². The average molecular weight is 485 g/mol. The molecule has 0 bridgehead atoms. The van der Waals surface area contributed by atoms with E-state index in [4.69, 9.17) is 4.98 Å². The van der Waals surface area contributed by atoms with Crippen LogP contribution in [0, 0.1) is 18.3 Å². The smallest absolute Gasteiger partial charge is 0.337 e. The highest BCUT2D eigenvalue weighted by Crippen LogP contribution is 2.40. The number of pyridine rings is 2. The van der Waals surface area contributed by atoms with Crippen LogP contribution in [0.25, 0.3) is 22.2 Å². The van der Waals surface area contributed by atoms with Crippen molar-refractivity contribution in [3.05, 3.63) is 120 Å². The van der Waals surface area contributed by atoms with Crippen LogP contribution in [-0.2, 0) is 0 Å². The average Bonchev–Trinajstić information content (AvgIpc) is 2.93. The van der Waals surface area contributed by atoms with Gasteiger partial charge in [-0.15, -0.1) is 0 Å². The molecule has 0 aliphatic heterocycles. The van der Waals surface area contributed by atoms with Crippen molar-refractivity contribution in [3.63, 3.8) is 0 Å². The standard InChI is InChI=1S/C31H24N4O2/c1-20-16-26(30-27(17-20)23(19-32)18-28(34-30)22-12-14-33-15-13-22)21(2)35(24-8-4-3-5-9-24)29-11-7-6-10-25(29)31(36)37/h3-18,21H,1-2H3,(H,36,37). The first-order valence-corrected chi connectivity index (χ1v) is 11.9. The topological polar surface area (TPSA) is 90.1 Å². The zero-order valence-corrected chi connectivity index (χ0v) is 20.5. The van der Waals surface area contributed by atoms with Gasteiger partial charge < -0.3 is 10.0 Å². The van der Waals surface area contributed by atoms with E-state index in [-0.39, 0.29) is 11.6 Å². The van der Waals surface area contributed by atoms with E-state index in [9.17, 15) is 15.2 Å². The van der Waals surface area contributed by atoms with E-state index in [0.29, 0.717) is 22.5 Å². The number of fused-ring (bicyclic) bond motifs is 1. The van der Waals surface area contributed by atoms with Crippen molar-refractivity contribution in [1.29, 1.82) is 5.26 Å². The number of nitriles is 1. The number of hydrogen-bond acceptors (Lipinski definition) is 5. The summed E-state index contributed by atoms with van der Waals surface area (Å²) in [6.07, 6.45) is 3.40. The van der Waals surface area contributed by atoms with E-state index >= 15 is 0 Å². The quantitative estimate of drug-likeness (QED) is 0.277. The van der Waals surface area contributed by atoms with Crippen molar-refractivity contribution in [2.24, 2.45) is 0 Å². The molecule has 0 spiro atoms. The fraction of sp³-hybridized carbons (Fsp3) is 0.0968. The number of para-hydroxylation sites is 2.